The number of hydrogen-bond donors (Lipinski definition) is 1. The summed E-state index contributed by atoms with van der Waals surface area (Å²) in [5.41, 5.74) is 6.84. The van der Waals surface area contributed by atoms with E-state index in [-0.39, 0.29) is 24.8 Å². The normalized spacial score (nSPS) is 9.92. The third-order valence-corrected chi connectivity index (χ3v) is 3.73. The maximum Gasteiger partial charge on any atom is 0.169 e. The van der Waals surface area contributed by atoms with Gasteiger partial charge in [-0.1, -0.05) is 31.2 Å². The first kappa shape index (κ1) is 23.5. The lowest BCUT2D eigenvalue weighted by molar-refractivity contribution is 0.277. The highest BCUT2D eigenvalue weighted by molar-refractivity contribution is 5.85. The van der Waals surface area contributed by atoms with Crippen molar-refractivity contribution in [3.63, 3.8) is 0 Å². The molecule has 2 rings (SSSR count). The predicted octanol–water partition coefficient (Wildman–Crippen LogP) is 4.50. The van der Waals surface area contributed by atoms with Crippen molar-refractivity contribution in [3.05, 3.63) is 54.1 Å². The fraction of sp³-hybridized carbons (Fsp3) is 0.368. The average Bonchev–Trinajstić information content (AvgIpc) is 2.59. The van der Waals surface area contributed by atoms with Gasteiger partial charge in [0.15, 0.2) is 11.5 Å². The molecule has 0 aliphatic rings. The van der Waals surface area contributed by atoms with Crippen molar-refractivity contribution in [2.75, 3.05) is 26.7 Å². The molecule has 6 heteroatoms. The van der Waals surface area contributed by atoms with Crippen LogP contribution < -0.4 is 15.2 Å². The number of nitrogens with two attached hydrogens (primary N) is 1. The van der Waals surface area contributed by atoms with Crippen LogP contribution in [0, 0.1) is 0 Å². The van der Waals surface area contributed by atoms with E-state index >= 15 is 0 Å². The number of hydrogen-bond acceptors (Lipinski definition) is 4. The summed E-state index contributed by atoms with van der Waals surface area (Å²) in [6, 6.07) is 15.9. The Morgan fingerprint density at radius 2 is 1.72 bits per heavy atom. The van der Waals surface area contributed by atoms with Gasteiger partial charge in [-0.25, -0.2) is 0 Å². The van der Waals surface area contributed by atoms with E-state index in [1.165, 1.54) is 5.56 Å². The number of halogens is 2. The number of methoxy groups -OCH3 is 1. The van der Waals surface area contributed by atoms with Gasteiger partial charge in [0.05, 0.1) is 7.11 Å². The summed E-state index contributed by atoms with van der Waals surface area (Å²) in [7, 11) is 1.65. The minimum Gasteiger partial charge on any atom is -0.493 e. The van der Waals surface area contributed by atoms with Gasteiger partial charge in [0.2, 0.25) is 0 Å². The zero-order chi connectivity index (χ0) is 16.5. The van der Waals surface area contributed by atoms with Gasteiger partial charge in [-0.05, 0) is 55.9 Å². The van der Waals surface area contributed by atoms with Gasteiger partial charge in [-0.15, -0.1) is 24.8 Å². The Morgan fingerprint density at radius 3 is 2.36 bits per heavy atom. The van der Waals surface area contributed by atoms with Crippen LogP contribution in [0.2, 0.25) is 0 Å². The van der Waals surface area contributed by atoms with Gasteiger partial charge in [0.1, 0.15) is 5.75 Å². The van der Waals surface area contributed by atoms with Crippen LogP contribution in [0.15, 0.2) is 48.5 Å². The highest BCUT2D eigenvalue weighted by atomic mass is 35.5. The average molecular weight is 387 g/mol. The van der Waals surface area contributed by atoms with E-state index in [0.29, 0.717) is 0 Å². The third kappa shape index (κ3) is 7.53. The van der Waals surface area contributed by atoms with Gasteiger partial charge in [0, 0.05) is 6.54 Å². The quantitative estimate of drug-likeness (QED) is 0.688. The zero-order valence-corrected chi connectivity index (χ0v) is 16.4. The molecule has 2 aromatic carbocycles. The second-order valence-electron chi connectivity index (χ2n) is 5.41. The SMILES string of the molecule is CCN(CCCN)Cc1cccc(Oc2ccccc2OC)c1.Cl.Cl. The number of benzene rings is 2. The van der Waals surface area contributed by atoms with Crippen LogP contribution in [0.5, 0.6) is 17.2 Å². The molecule has 0 aromatic heterocycles. The molecule has 140 valence electrons. The highest BCUT2D eigenvalue weighted by Crippen LogP contribution is 2.31. The smallest absolute Gasteiger partial charge is 0.169 e. The van der Waals surface area contributed by atoms with Gasteiger partial charge in [-0.2, -0.15) is 0 Å². The third-order valence-electron chi connectivity index (χ3n) is 3.73. The number of para-hydroxylation sites is 2. The van der Waals surface area contributed by atoms with Gasteiger partial charge in [-0.3, -0.25) is 4.90 Å². The van der Waals surface area contributed by atoms with Crippen LogP contribution in [-0.4, -0.2) is 31.6 Å². The van der Waals surface area contributed by atoms with Crippen LogP contribution in [0.4, 0.5) is 0 Å². The first-order valence-electron chi connectivity index (χ1n) is 8.09. The van der Waals surface area contributed by atoms with Crippen LogP contribution in [0.25, 0.3) is 0 Å². The molecule has 2 N–H and O–H groups in total. The fourth-order valence-electron chi connectivity index (χ4n) is 2.46. The minimum atomic E-state index is 0. The largest absolute Gasteiger partial charge is 0.493 e. The molecule has 0 aliphatic heterocycles. The lowest BCUT2D eigenvalue weighted by Crippen LogP contribution is -2.25. The van der Waals surface area contributed by atoms with Gasteiger partial charge in [0.25, 0.3) is 0 Å². The van der Waals surface area contributed by atoms with Crippen molar-refractivity contribution in [2.45, 2.75) is 19.9 Å². The Hall–Kier alpha value is -1.46. The lowest BCUT2D eigenvalue weighted by Gasteiger charge is -2.20. The molecule has 25 heavy (non-hydrogen) atoms. The van der Waals surface area contributed by atoms with Crippen molar-refractivity contribution < 1.29 is 9.47 Å². The number of rotatable bonds is 9. The summed E-state index contributed by atoms with van der Waals surface area (Å²) in [5, 5.41) is 0. The molecule has 0 radical (unpaired) electrons. The first-order valence-corrected chi connectivity index (χ1v) is 8.09. The molecule has 0 aliphatic carbocycles. The summed E-state index contributed by atoms with van der Waals surface area (Å²) < 4.78 is 11.3. The second-order valence-corrected chi connectivity index (χ2v) is 5.41. The molecule has 0 spiro atoms. The Bertz CT molecular complexity index is 611. The Kier molecular flexibility index (Phi) is 12.1. The highest BCUT2D eigenvalue weighted by Gasteiger charge is 2.07. The van der Waals surface area contributed by atoms with Gasteiger partial charge < -0.3 is 15.2 Å². The van der Waals surface area contributed by atoms with Crippen molar-refractivity contribution in [3.8, 4) is 17.2 Å². The topological polar surface area (TPSA) is 47.7 Å². The summed E-state index contributed by atoms with van der Waals surface area (Å²) in [6.07, 6.45) is 1.02. The maximum atomic E-state index is 5.97. The molecule has 0 saturated heterocycles. The Morgan fingerprint density at radius 1 is 1.00 bits per heavy atom. The van der Waals surface area contributed by atoms with Crippen molar-refractivity contribution in [1.82, 2.24) is 4.90 Å². The summed E-state index contributed by atoms with van der Waals surface area (Å²) in [4.78, 5) is 2.38. The summed E-state index contributed by atoms with van der Waals surface area (Å²) in [5.74, 6) is 2.28. The minimum absolute atomic E-state index is 0. The van der Waals surface area contributed by atoms with Crippen LogP contribution in [-0.2, 0) is 6.54 Å². The Labute approximate surface area is 163 Å². The van der Waals surface area contributed by atoms with Gasteiger partial charge >= 0.3 is 0 Å². The van der Waals surface area contributed by atoms with Crippen LogP contribution >= 0.6 is 24.8 Å². The summed E-state index contributed by atoms with van der Waals surface area (Å²) >= 11 is 0. The monoisotopic (exact) mass is 386 g/mol. The van der Waals surface area contributed by atoms with E-state index in [0.717, 1.165) is 49.8 Å². The van der Waals surface area contributed by atoms with Crippen molar-refractivity contribution in [1.29, 1.82) is 0 Å². The standard InChI is InChI=1S/C19H26N2O2.2ClH/c1-3-21(13-7-12-20)15-16-8-6-9-17(14-16)23-19-11-5-4-10-18(19)22-2;;/h4-6,8-11,14H,3,7,12-13,15,20H2,1-2H3;2*1H. The molecule has 0 heterocycles. The molecule has 2 aromatic rings. The van der Waals surface area contributed by atoms with Crippen LogP contribution in [0.3, 0.4) is 0 Å². The number of ether oxygens (including phenoxy) is 2. The molecule has 4 nitrogen and oxygen atoms in total. The van der Waals surface area contributed by atoms with Crippen LogP contribution in [0.1, 0.15) is 18.9 Å². The molecule has 0 amide bonds. The van der Waals surface area contributed by atoms with Crippen molar-refractivity contribution >= 4 is 24.8 Å². The molecule has 0 atom stereocenters. The van der Waals surface area contributed by atoms with E-state index in [1.807, 2.05) is 36.4 Å². The Balaban J connectivity index is 0.00000288. The number of nitrogens with zero attached hydrogens (tertiary/aromatic N) is 1. The molecule has 0 unspecified atom stereocenters. The van der Waals surface area contributed by atoms with E-state index in [1.54, 1.807) is 7.11 Å². The lowest BCUT2D eigenvalue weighted by atomic mass is 10.2. The molecular formula is C19H28Cl2N2O2. The molecule has 0 bridgehead atoms. The fourth-order valence-corrected chi connectivity index (χ4v) is 2.46. The summed E-state index contributed by atoms with van der Waals surface area (Å²) in [6.45, 7) is 5.83. The van der Waals surface area contributed by atoms with Crippen molar-refractivity contribution in [2.24, 2.45) is 5.73 Å². The predicted molar refractivity (Wildman–Crippen MR) is 109 cm³/mol. The van der Waals surface area contributed by atoms with E-state index in [2.05, 4.69) is 24.0 Å². The molecule has 0 saturated carbocycles. The van der Waals surface area contributed by atoms with E-state index < -0.39 is 0 Å². The maximum absolute atomic E-state index is 5.97. The molecule has 0 fully saturated rings. The first-order chi connectivity index (χ1) is 11.3. The molecular weight excluding hydrogens is 359 g/mol. The van der Waals surface area contributed by atoms with E-state index in [9.17, 15) is 0 Å². The second kappa shape index (κ2) is 12.8. The van der Waals surface area contributed by atoms with E-state index in [4.69, 9.17) is 15.2 Å². The zero-order valence-electron chi connectivity index (χ0n) is 14.8.